The lowest BCUT2D eigenvalue weighted by molar-refractivity contribution is 0.372. The molecule has 0 aliphatic carbocycles. The van der Waals surface area contributed by atoms with Gasteiger partial charge in [-0.1, -0.05) is 30.3 Å². The summed E-state index contributed by atoms with van der Waals surface area (Å²) in [6.07, 6.45) is -0.210. The Morgan fingerprint density at radius 3 is 2.56 bits per heavy atom. The highest BCUT2D eigenvalue weighted by molar-refractivity contribution is 7.51. The zero-order valence-electron chi connectivity index (χ0n) is 9.00. The molecule has 1 aromatic rings. The fourth-order valence-corrected chi connectivity index (χ4v) is 1.51. The van der Waals surface area contributed by atoms with Gasteiger partial charge in [0.25, 0.3) is 0 Å². The second kappa shape index (κ2) is 5.80. The van der Waals surface area contributed by atoms with Crippen molar-refractivity contribution in [2.24, 2.45) is 5.10 Å². The van der Waals surface area contributed by atoms with Gasteiger partial charge in [-0.15, -0.1) is 0 Å². The van der Waals surface area contributed by atoms with E-state index in [2.05, 4.69) is 10.5 Å². The van der Waals surface area contributed by atoms with Gasteiger partial charge in [-0.3, -0.25) is 4.57 Å². The van der Waals surface area contributed by atoms with Crippen LogP contribution in [0.3, 0.4) is 0 Å². The lowest BCUT2D eigenvalue weighted by atomic mass is 10.1. The predicted molar refractivity (Wildman–Crippen MR) is 63.6 cm³/mol. The number of nitrogens with one attached hydrogen (secondary N) is 1. The zero-order valence-corrected chi connectivity index (χ0v) is 9.89. The van der Waals surface area contributed by atoms with Crippen LogP contribution in [0.5, 0.6) is 0 Å². The van der Waals surface area contributed by atoms with Gasteiger partial charge in [-0.05, 0) is 12.5 Å². The van der Waals surface area contributed by atoms with Crippen molar-refractivity contribution >= 4 is 13.3 Å². The first kappa shape index (κ1) is 12.9. The third-order valence-corrected chi connectivity index (χ3v) is 2.76. The summed E-state index contributed by atoms with van der Waals surface area (Å²) in [4.78, 5) is 17.2. The Bertz CT molecular complexity index is 400. The van der Waals surface area contributed by atoms with Gasteiger partial charge >= 0.3 is 7.60 Å². The standard InChI is InChI=1S/C10H15N2O3P/c1-9(10-5-3-2-4-6-10)12-11-7-8-16(13,14)15/h2-6,11H,7-8H2,1H3,(H2,13,14,15)/b12-9+. The van der Waals surface area contributed by atoms with Crippen LogP contribution in [0.15, 0.2) is 35.4 Å². The Balaban J connectivity index is 2.44. The van der Waals surface area contributed by atoms with E-state index in [1.807, 2.05) is 37.3 Å². The summed E-state index contributed by atoms with van der Waals surface area (Å²) >= 11 is 0. The highest BCUT2D eigenvalue weighted by Crippen LogP contribution is 2.32. The van der Waals surface area contributed by atoms with Gasteiger partial charge in [0.1, 0.15) is 0 Å². The highest BCUT2D eigenvalue weighted by atomic mass is 31.2. The fourth-order valence-electron chi connectivity index (χ4n) is 1.11. The molecule has 0 unspecified atom stereocenters. The summed E-state index contributed by atoms with van der Waals surface area (Å²) < 4.78 is 10.6. The van der Waals surface area contributed by atoms with Crippen LogP contribution < -0.4 is 5.43 Å². The van der Waals surface area contributed by atoms with Crippen molar-refractivity contribution in [1.29, 1.82) is 0 Å². The summed E-state index contributed by atoms with van der Waals surface area (Å²) in [5, 5.41) is 4.02. The Morgan fingerprint density at radius 2 is 2.00 bits per heavy atom. The van der Waals surface area contributed by atoms with E-state index in [-0.39, 0.29) is 12.7 Å². The van der Waals surface area contributed by atoms with E-state index < -0.39 is 7.60 Å². The van der Waals surface area contributed by atoms with E-state index in [9.17, 15) is 4.57 Å². The first-order chi connectivity index (χ1) is 7.49. The number of nitrogens with zero attached hydrogens (tertiary/aromatic N) is 1. The number of rotatable bonds is 5. The Labute approximate surface area is 94.4 Å². The van der Waals surface area contributed by atoms with Crippen LogP contribution in [-0.2, 0) is 4.57 Å². The van der Waals surface area contributed by atoms with Crippen LogP contribution >= 0.6 is 7.60 Å². The van der Waals surface area contributed by atoms with Crippen LogP contribution in [0.4, 0.5) is 0 Å². The third kappa shape index (κ3) is 5.07. The van der Waals surface area contributed by atoms with Gasteiger partial charge < -0.3 is 15.2 Å². The average molecular weight is 242 g/mol. The molecule has 0 saturated carbocycles. The molecule has 1 aromatic carbocycles. The smallest absolute Gasteiger partial charge is 0.324 e. The van der Waals surface area contributed by atoms with Crippen LogP contribution in [0, 0.1) is 0 Å². The minimum Gasteiger partial charge on any atom is -0.324 e. The van der Waals surface area contributed by atoms with E-state index >= 15 is 0 Å². The largest absolute Gasteiger partial charge is 0.327 e. The number of hydrogen-bond acceptors (Lipinski definition) is 3. The molecule has 5 nitrogen and oxygen atoms in total. The fraction of sp³-hybridized carbons (Fsp3) is 0.300. The highest BCUT2D eigenvalue weighted by Gasteiger charge is 2.10. The summed E-state index contributed by atoms with van der Waals surface area (Å²) in [5.74, 6) is 0. The molecule has 1 rings (SSSR count). The van der Waals surface area contributed by atoms with Gasteiger partial charge in [0, 0.05) is 6.54 Å². The molecule has 0 atom stereocenters. The zero-order chi connectivity index (χ0) is 12.0. The molecule has 0 aromatic heterocycles. The summed E-state index contributed by atoms with van der Waals surface area (Å²) in [6, 6.07) is 9.57. The molecule has 16 heavy (non-hydrogen) atoms. The quantitative estimate of drug-likeness (QED) is 0.313. The molecule has 3 N–H and O–H groups in total. The monoisotopic (exact) mass is 242 g/mol. The van der Waals surface area contributed by atoms with Gasteiger partial charge in [0.15, 0.2) is 0 Å². The number of benzene rings is 1. The van der Waals surface area contributed by atoms with Crippen molar-refractivity contribution < 1.29 is 14.4 Å². The normalized spacial score (nSPS) is 12.6. The van der Waals surface area contributed by atoms with Crippen molar-refractivity contribution in [2.45, 2.75) is 6.92 Å². The summed E-state index contributed by atoms with van der Waals surface area (Å²) in [5.41, 5.74) is 4.40. The van der Waals surface area contributed by atoms with Gasteiger partial charge in [-0.25, -0.2) is 0 Å². The molecule has 0 aliphatic heterocycles. The van der Waals surface area contributed by atoms with Crippen molar-refractivity contribution in [1.82, 2.24) is 5.43 Å². The molecule has 0 fully saturated rings. The van der Waals surface area contributed by atoms with E-state index in [0.29, 0.717) is 0 Å². The second-order valence-corrected chi connectivity index (χ2v) is 5.14. The summed E-state index contributed by atoms with van der Waals surface area (Å²) in [6.45, 7) is 1.99. The Kier molecular flexibility index (Phi) is 4.68. The average Bonchev–Trinajstić information content (AvgIpc) is 2.24. The first-order valence-corrected chi connectivity index (χ1v) is 6.66. The molecule has 0 saturated heterocycles. The maximum atomic E-state index is 10.6. The first-order valence-electron chi connectivity index (χ1n) is 4.86. The lowest BCUT2D eigenvalue weighted by Gasteiger charge is -2.04. The molecule has 0 heterocycles. The molecule has 0 radical (unpaired) electrons. The van der Waals surface area contributed by atoms with Crippen molar-refractivity contribution in [3.63, 3.8) is 0 Å². The van der Waals surface area contributed by atoms with Crippen LogP contribution in [-0.4, -0.2) is 28.2 Å². The number of hydrazone groups is 1. The molecular formula is C10H15N2O3P. The van der Waals surface area contributed by atoms with Crippen molar-refractivity contribution in [3.05, 3.63) is 35.9 Å². The van der Waals surface area contributed by atoms with E-state index in [1.54, 1.807) is 0 Å². The Hall–Kier alpha value is -1.16. The lowest BCUT2D eigenvalue weighted by Crippen LogP contribution is -2.14. The van der Waals surface area contributed by atoms with Crippen LogP contribution in [0.1, 0.15) is 12.5 Å². The third-order valence-electron chi connectivity index (χ3n) is 1.95. The summed E-state index contributed by atoms with van der Waals surface area (Å²) in [7, 11) is -3.93. The van der Waals surface area contributed by atoms with Gasteiger partial charge in [-0.2, -0.15) is 5.10 Å². The maximum absolute atomic E-state index is 10.6. The Morgan fingerprint density at radius 1 is 1.38 bits per heavy atom. The topological polar surface area (TPSA) is 81.9 Å². The molecule has 0 bridgehead atoms. The van der Waals surface area contributed by atoms with Crippen molar-refractivity contribution in [3.8, 4) is 0 Å². The van der Waals surface area contributed by atoms with Crippen LogP contribution in [0.2, 0.25) is 0 Å². The molecular weight excluding hydrogens is 227 g/mol. The molecule has 0 amide bonds. The SMILES string of the molecule is C/C(=N\NCCP(=O)(O)O)c1ccccc1. The minimum absolute atomic E-state index is 0.161. The molecule has 0 spiro atoms. The molecule has 6 heteroatoms. The number of hydrogen-bond donors (Lipinski definition) is 3. The van der Waals surface area contributed by atoms with Gasteiger partial charge in [0.05, 0.1) is 11.9 Å². The molecule has 0 aliphatic rings. The van der Waals surface area contributed by atoms with Gasteiger partial charge in [0.2, 0.25) is 0 Å². The van der Waals surface area contributed by atoms with E-state index in [0.717, 1.165) is 11.3 Å². The van der Waals surface area contributed by atoms with E-state index in [4.69, 9.17) is 9.79 Å². The predicted octanol–water partition coefficient (Wildman–Crippen LogP) is 1.18. The van der Waals surface area contributed by atoms with Crippen molar-refractivity contribution in [2.75, 3.05) is 12.7 Å². The van der Waals surface area contributed by atoms with Crippen LogP contribution in [0.25, 0.3) is 0 Å². The minimum atomic E-state index is -3.93. The van der Waals surface area contributed by atoms with E-state index in [1.165, 1.54) is 0 Å². The maximum Gasteiger partial charge on any atom is 0.327 e. The molecule has 88 valence electrons. The second-order valence-electron chi connectivity index (χ2n) is 3.36.